The topological polar surface area (TPSA) is 12.0 Å². The highest BCUT2D eigenvalue weighted by Gasteiger charge is 2.17. The van der Waals surface area contributed by atoms with Crippen LogP contribution in [0.4, 0.5) is 4.39 Å². The minimum Gasteiger partial charge on any atom is -0.306 e. The van der Waals surface area contributed by atoms with Crippen molar-refractivity contribution in [2.45, 2.75) is 26.8 Å². The summed E-state index contributed by atoms with van der Waals surface area (Å²) in [5.41, 5.74) is 4.21. The van der Waals surface area contributed by atoms with Crippen LogP contribution in [0.25, 0.3) is 0 Å². The Morgan fingerprint density at radius 1 is 1.20 bits per heavy atom. The van der Waals surface area contributed by atoms with E-state index in [1.54, 1.807) is 12.1 Å². The molecule has 1 N–H and O–H groups in total. The van der Waals surface area contributed by atoms with Crippen LogP contribution in [0.2, 0.25) is 0 Å². The van der Waals surface area contributed by atoms with Gasteiger partial charge in [0.1, 0.15) is 5.82 Å². The van der Waals surface area contributed by atoms with Crippen LogP contribution in [0.3, 0.4) is 0 Å². The zero-order valence-electron chi connectivity index (χ0n) is 12.0. The highest BCUT2D eigenvalue weighted by Crippen LogP contribution is 2.31. The van der Waals surface area contributed by atoms with Gasteiger partial charge in [0.2, 0.25) is 0 Å². The molecule has 0 heterocycles. The summed E-state index contributed by atoms with van der Waals surface area (Å²) >= 11 is 3.65. The second-order valence-electron chi connectivity index (χ2n) is 5.03. The van der Waals surface area contributed by atoms with E-state index < -0.39 is 0 Å². The Morgan fingerprint density at radius 2 is 1.95 bits per heavy atom. The van der Waals surface area contributed by atoms with E-state index in [4.69, 9.17) is 0 Å². The Morgan fingerprint density at radius 3 is 2.60 bits per heavy atom. The van der Waals surface area contributed by atoms with Crippen molar-refractivity contribution in [2.24, 2.45) is 0 Å². The maximum absolute atomic E-state index is 13.7. The molecule has 2 aromatic rings. The van der Waals surface area contributed by atoms with E-state index >= 15 is 0 Å². The van der Waals surface area contributed by atoms with E-state index in [1.807, 2.05) is 19.1 Å². The van der Waals surface area contributed by atoms with Gasteiger partial charge in [-0.05, 0) is 54.8 Å². The number of aryl methyl sites for hydroxylation is 2. The molecule has 20 heavy (non-hydrogen) atoms. The fourth-order valence-corrected chi connectivity index (χ4v) is 2.93. The van der Waals surface area contributed by atoms with Crippen molar-refractivity contribution in [3.8, 4) is 0 Å². The first-order valence-corrected chi connectivity index (χ1v) is 7.57. The van der Waals surface area contributed by atoms with Crippen LogP contribution in [0.15, 0.2) is 40.9 Å². The van der Waals surface area contributed by atoms with E-state index in [1.165, 1.54) is 5.56 Å². The summed E-state index contributed by atoms with van der Waals surface area (Å²) < 4.78 is 14.8. The van der Waals surface area contributed by atoms with Gasteiger partial charge in [-0.25, -0.2) is 4.39 Å². The molecule has 0 radical (unpaired) electrons. The molecule has 3 heteroatoms. The summed E-state index contributed by atoms with van der Waals surface area (Å²) in [5.74, 6) is -0.188. The summed E-state index contributed by atoms with van der Waals surface area (Å²) in [6.07, 6.45) is 0. The Balaban J connectivity index is 2.53. The van der Waals surface area contributed by atoms with Crippen molar-refractivity contribution >= 4 is 15.9 Å². The second kappa shape index (κ2) is 6.51. The normalized spacial score (nSPS) is 12.4. The first-order chi connectivity index (χ1) is 9.52. The van der Waals surface area contributed by atoms with E-state index in [-0.39, 0.29) is 11.9 Å². The lowest BCUT2D eigenvalue weighted by molar-refractivity contribution is 0.600. The van der Waals surface area contributed by atoms with Crippen molar-refractivity contribution in [3.63, 3.8) is 0 Å². The summed E-state index contributed by atoms with van der Waals surface area (Å²) in [6.45, 7) is 6.86. The predicted molar refractivity (Wildman–Crippen MR) is 85.5 cm³/mol. The fraction of sp³-hybridized carbons (Fsp3) is 0.294. The molecule has 1 nitrogen and oxygen atoms in total. The number of benzene rings is 2. The van der Waals surface area contributed by atoms with Crippen LogP contribution in [0.1, 0.15) is 35.2 Å². The van der Waals surface area contributed by atoms with Gasteiger partial charge in [-0.1, -0.05) is 47.1 Å². The molecule has 106 valence electrons. The van der Waals surface area contributed by atoms with E-state index in [9.17, 15) is 4.39 Å². The lowest BCUT2D eigenvalue weighted by Crippen LogP contribution is -2.22. The first kappa shape index (κ1) is 15.2. The van der Waals surface area contributed by atoms with Crippen molar-refractivity contribution in [2.75, 3.05) is 6.54 Å². The molecule has 0 aliphatic carbocycles. The molecular weight excluding hydrogens is 317 g/mol. The predicted octanol–water partition coefficient (Wildman–Crippen LogP) is 4.90. The van der Waals surface area contributed by atoms with Gasteiger partial charge >= 0.3 is 0 Å². The molecule has 0 aliphatic heterocycles. The maximum Gasteiger partial charge on any atom is 0.123 e. The van der Waals surface area contributed by atoms with E-state index in [0.29, 0.717) is 0 Å². The van der Waals surface area contributed by atoms with E-state index in [2.05, 4.69) is 47.2 Å². The molecule has 0 aliphatic rings. The second-order valence-corrected chi connectivity index (χ2v) is 5.82. The molecule has 1 atom stereocenters. The SMILES string of the molecule is CCNC(c1cc(C)cc(F)c1)c1cccc(C)c1Br. The largest absolute Gasteiger partial charge is 0.306 e. The smallest absolute Gasteiger partial charge is 0.123 e. The highest BCUT2D eigenvalue weighted by atomic mass is 79.9. The average molecular weight is 336 g/mol. The van der Waals surface area contributed by atoms with Crippen molar-refractivity contribution in [1.29, 1.82) is 0 Å². The van der Waals surface area contributed by atoms with Gasteiger partial charge < -0.3 is 5.32 Å². The van der Waals surface area contributed by atoms with Crippen molar-refractivity contribution in [1.82, 2.24) is 5.32 Å². The van der Waals surface area contributed by atoms with Gasteiger partial charge in [-0.2, -0.15) is 0 Å². The van der Waals surface area contributed by atoms with Crippen LogP contribution in [-0.2, 0) is 0 Å². The molecule has 0 aromatic heterocycles. The summed E-state index contributed by atoms with van der Waals surface area (Å²) in [6, 6.07) is 11.4. The first-order valence-electron chi connectivity index (χ1n) is 6.78. The number of halogens is 2. The molecule has 0 amide bonds. The van der Waals surface area contributed by atoms with Gasteiger partial charge in [0.25, 0.3) is 0 Å². The number of hydrogen-bond donors (Lipinski definition) is 1. The molecule has 0 bridgehead atoms. The Bertz CT molecular complexity index is 590. The molecule has 0 saturated carbocycles. The van der Waals surface area contributed by atoms with Gasteiger partial charge in [0.15, 0.2) is 0 Å². The third kappa shape index (κ3) is 3.28. The summed E-state index contributed by atoms with van der Waals surface area (Å²) in [5, 5.41) is 3.44. The minimum atomic E-state index is -0.188. The number of rotatable bonds is 4. The van der Waals surface area contributed by atoms with Gasteiger partial charge in [-0.15, -0.1) is 0 Å². The average Bonchev–Trinajstić information content (AvgIpc) is 2.38. The quantitative estimate of drug-likeness (QED) is 0.837. The summed E-state index contributed by atoms with van der Waals surface area (Å²) in [4.78, 5) is 0. The van der Waals surface area contributed by atoms with Gasteiger partial charge in [-0.3, -0.25) is 0 Å². The van der Waals surface area contributed by atoms with Gasteiger partial charge in [0, 0.05) is 4.47 Å². The highest BCUT2D eigenvalue weighted by molar-refractivity contribution is 9.10. The Hall–Kier alpha value is -1.19. The maximum atomic E-state index is 13.7. The Labute approximate surface area is 128 Å². The third-order valence-electron chi connectivity index (χ3n) is 3.34. The zero-order valence-corrected chi connectivity index (χ0v) is 13.6. The lowest BCUT2D eigenvalue weighted by atomic mass is 9.96. The third-order valence-corrected chi connectivity index (χ3v) is 4.42. The number of nitrogens with one attached hydrogen (secondary N) is 1. The fourth-order valence-electron chi connectivity index (χ4n) is 2.44. The molecular formula is C17H19BrFN. The molecule has 0 saturated heterocycles. The minimum absolute atomic E-state index is 0.0105. The monoisotopic (exact) mass is 335 g/mol. The molecule has 0 fully saturated rings. The van der Waals surface area contributed by atoms with Crippen molar-refractivity contribution in [3.05, 3.63) is 68.9 Å². The lowest BCUT2D eigenvalue weighted by Gasteiger charge is -2.21. The van der Waals surface area contributed by atoms with Crippen LogP contribution < -0.4 is 5.32 Å². The van der Waals surface area contributed by atoms with Crippen LogP contribution in [0.5, 0.6) is 0 Å². The number of hydrogen-bond acceptors (Lipinski definition) is 1. The molecule has 0 spiro atoms. The summed E-state index contributed by atoms with van der Waals surface area (Å²) in [7, 11) is 0. The van der Waals surface area contributed by atoms with Gasteiger partial charge in [0.05, 0.1) is 6.04 Å². The van der Waals surface area contributed by atoms with Crippen molar-refractivity contribution < 1.29 is 4.39 Å². The Kier molecular flexibility index (Phi) is 4.95. The molecule has 1 unspecified atom stereocenters. The zero-order chi connectivity index (χ0) is 14.7. The van der Waals surface area contributed by atoms with Crippen LogP contribution in [-0.4, -0.2) is 6.54 Å². The van der Waals surface area contributed by atoms with Crippen LogP contribution in [0, 0.1) is 19.7 Å². The molecule has 2 aromatic carbocycles. The van der Waals surface area contributed by atoms with E-state index in [0.717, 1.165) is 27.7 Å². The standard InChI is InChI=1S/C17H19BrFN/c1-4-20-17(13-8-11(2)9-14(19)10-13)15-7-5-6-12(3)16(15)18/h5-10,17,20H,4H2,1-3H3. The van der Waals surface area contributed by atoms with Crippen LogP contribution >= 0.6 is 15.9 Å². The molecule has 2 rings (SSSR count).